The lowest BCUT2D eigenvalue weighted by atomic mass is 10.3. The predicted octanol–water partition coefficient (Wildman–Crippen LogP) is 1.92. The average molecular weight is 103 g/mol. The van der Waals surface area contributed by atoms with Crippen molar-refractivity contribution in [2.75, 3.05) is 0 Å². The van der Waals surface area contributed by atoms with Crippen molar-refractivity contribution in [1.29, 1.82) is 0 Å². The van der Waals surface area contributed by atoms with Crippen LogP contribution < -0.4 is 0 Å². The summed E-state index contributed by atoms with van der Waals surface area (Å²) < 4.78 is 0. The first kappa shape index (κ1) is 6.35. The van der Waals surface area contributed by atoms with Crippen molar-refractivity contribution in [3.63, 3.8) is 0 Å². The number of thiol groups is 1. The molecule has 0 nitrogen and oxygen atoms in total. The van der Waals surface area contributed by atoms with Gasteiger partial charge in [-0.2, -0.15) is 12.6 Å². The first-order valence-corrected chi connectivity index (χ1v) is 2.76. The fourth-order valence-electron chi connectivity index (χ4n) is 0.295. The molecule has 0 aromatic carbocycles. The molecule has 1 heteroatoms. The zero-order valence-corrected chi connectivity index (χ0v) is 5.04. The molecule has 1 atom stereocenters. The van der Waals surface area contributed by atoms with Crippen molar-refractivity contribution in [2.45, 2.75) is 25.0 Å². The van der Waals surface area contributed by atoms with Gasteiger partial charge in [0.05, 0.1) is 0 Å². The second kappa shape index (κ2) is 3.54. The highest BCUT2D eigenvalue weighted by molar-refractivity contribution is 7.80. The quantitative estimate of drug-likeness (QED) is 0.507. The van der Waals surface area contributed by atoms with E-state index in [0.717, 1.165) is 12.8 Å². The highest BCUT2D eigenvalue weighted by atomic mass is 32.1. The van der Waals surface area contributed by atoms with Crippen LogP contribution in [-0.4, -0.2) is 5.25 Å². The van der Waals surface area contributed by atoms with Crippen LogP contribution in [0.2, 0.25) is 0 Å². The summed E-state index contributed by atoms with van der Waals surface area (Å²) >= 11 is 4.14. The molecule has 37 valence electrons. The van der Waals surface area contributed by atoms with Crippen LogP contribution in [0.25, 0.3) is 0 Å². The highest BCUT2D eigenvalue weighted by Gasteiger charge is 1.86. The molecule has 6 heavy (non-hydrogen) atoms. The number of hydrogen-bond donors (Lipinski definition) is 1. The van der Waals surface area contributed by atoms with Gasteiger partial charge in [-0.15, -0.1) is 0 Å². The van der Waals surface area contributed by atoms with Crippen LogP contribution in [0.3, 0.4) is 0 Å². The summed E-state index contributed by atoms with van der Waals surface area (Å²) in [6, 6.07) is 0. The summed E-state index contributed by atoms with van der Waals surface area (Å²) in [5.41, 5.74) is 0. The molecule has 0 heterocycles. The molecule has 0 amide bonds. The van der Waals surface area contributed by atoms with Gasteiger partial charge in [0.1, 0.15) is 0 Å². The Bertz CT molecular complexity index is 25.1. The smallest absolute Gasteiger partial charge is 0.00116 e. The van der Waals surface area contributed by atoms with Crippen LogP contribution >= 0.6 is 12.6 Å². The van der Waals surface area contributed by atoms with Crippen LogP contribution in [0.4, 0.5) is 0 Å². The van der Waals surface area contributed by atoms with Gasteiger partial charge < -0.3 is 0 Å². The first-order valence-electron chi connectivity index (χ1n) is 2.24. The zero-order chi connectivity index (χ0) is 4.99. The molecule has 0 saturated carbocycles. The molecule has 0 bridgehead atoms. The van der Waals surface area contributed by atoms with Gasteiger partial charge >= 0.3 is 0 Å². The van der Waals surface area contributed by atoms with Gasteiger partial charge in [0, 0.05) is 0 Å². The minimum absolute atomic E-state index is 0.530. The molecular weight excluding hydrogens is 92.1 g/mol. The van der Waals surface area contributed by atoms with Gasteiger partial charge in [-0.05, 0) is 11.7 Å². The molecule has 1 unspecified atom stereocenters. The van der Waals surface area contributed by atoms with Crippen molar-refractivity contribution in [3.05, 3.63) is 6.92 Å². The summed E-state index contributed by atoms with van der Waals surface area (Å²) in [5.74, 6) is 0. The summed E-state index contributed by atoms with van der Waals surface area (Å²) in [5, 5.41) is 0.530. The van der Waals surface area contributed by atoms with E-state index in [9.17, 15) is 0 Å². The fourth-order valence-corrected chi connectivity index (χ4v) is 0.478. The normalized spacial score (nSPS) is 14.5. The molecule has 1 radical (unpaired) electrons. The van der Waals surface area contributed by atoms with Crippen LogP contribution in [-0.2, 0) is 0 Å². The zero-order valence-electron chi connectivity index (χ0n) is 4.15. The average Bonchev–Trinajstić information content (AvgIpc) is 1.35. The van der Waals surface area contributed by atoms with E-state index in [1.54, 1.807) is 0 Å². The van der Waals surface area contributed by atoms with Gasteiger partial charge in [0.2, 0.25) is 0 Å². The Kier molecular flexibility index (Phi) is 3.74. The Morgan fingerprint density at radius 2 is 2.33 bits per heavy atom. The second-order valence-corrected chi connectivity index (χ2v) is 2.37. The topological polar surface area (TPSA) is 0 Å². The van der Waals surface area contributed by atoms with E-state index in [1.807, 2.05) is 0 Å². The highest BCUT2D eigenvalue weighted by Crippen LogP contribution is 2.00. The Hall–Kier alpha value is 0.350. The summed E-state index contributed by atoms with van der Waals surface area (Å²) in [4.78, 5) is 0. The predicted molar refractivity (Wildman–Crippen MR) is 33.0 cm³/mol. The number of rotatable bonds is 2. The Balaban J connectivity index is 2.63. The monoisotopic (exact) mass is 103 g/mol. The van der Waals surface area contributed by atoms with Crippen molar-refractivity contribution >= 4 is 12.6 Å². The van der Waals surface area contributed by atoms with E-state index in [4.69, 9.17) is 0 Å². The van der Waals surface area contributed by atoms with E-state index in [0.29, 0.717) is 5.25 Å². The summed E-state index contributed by atoms with van der Waals surface area (Å²) in [6.45, 7) is 5.75. The molecule has 0 saturated heterocycles. The molecule has 0 rings (SSSR count). The molecule has 0 N–H and O–H groups in total. The van der Waals surface area contributed by atoms with Gasteiger partial charge in [0.15, 0.2) is 0 Å². The van der Waals surface area contributed by atoms with E-state index >= 15 is 0 Å². The van der Waals surface area contributed by atoms with Crippen molar-refractivity contribution < 1.29 is 0 Å². The minimum atomic E-state index is 0.530. The number of hydrogen-bond acceptors (Lipinski definition) is 1. The Morgan fingerprint density at radius 3 is 2.33 bits per heavy atom. The maximum absolute atomic E-state index is 4.14. The second-order valence-electron chi connectivity index (χ2n) is 1.49. The third-order valence-corrected chi connectivity index (χ3v) is 0.880. The molecule has 0 aromatic heterocycles. The van der Waals surface area contributed by atoms with Crippen LogP contribution in [0.1, 0.15) is 19.8 Å². The van der Waals surface area contributed by atoms with E-state index in [2.05, 4.69) is 26.5 Å². The van der Waals surface area contributed by atoms with Gasteiger partial charge in [-0.1, -0.05) is 20.3 Å². The first-order chi connectivity index (χ1) is 2.77. The standard InChI is InChI=1S/C5H11S/c1-3-4-5(2)6/h5-6H,1,3-4H2,2H3. The summed E-state index contributed by atoms with van der Waals surface area (Å²) in [6.07, 6.45) is 2.13. The molecule has 0 aliphatic heterocycles. The molecule has 0 fully saturated rings. The van der Waals surface area contributed by atoms with E-state index < -0.39 is 0 Å². The molecule has 0 aliphatic carbocycles. The third kappa shape index (κ3) is 4.35. The molecule has 0 aromatic rings. The lowest BCUT2D eigenvalue weighted by Gasteiger charge is -1.95. The molecule has 0 spiro atoms. The fraction of sp³-hybridized carbons (Fsp3) is 0.800. The van der Waals surface area contributed by atoms with Gasteiger partial charge in [-0.3, -0.25) is 0 Å². The lowest BCUT2D eigenvalue weighted by molar-refractivity contribution is 0.835. The Morgan fingerprint density at radius 1 is 1.83 bits per heavy atom. The maximum atomic E-state index is 4.14. The van der Waals surface area contributed by atoms with Gasteiger partial charge in [-0.25, -0.2) is 0 Å². The third-order valence-electron chi connectivity index (χ3n) is 0.622. The van der Waals surface area contributed by atoms with Crippen molar-refractivity contribution in [3.8, 4) is 0 Å². The van der Waals surface area contributed by atoms with E-state index in [1.165, 1.54) is 0 Å². The largest absolute Gasteiger partial charge is 0.176 e. The molecule has 0 aliphatic rings. The van der Waals surface area contributed by atoms with Crippen LogP contribution in [0.15, 0.2) is 0 Å². The summed E-state index contributed by atoms with van der Waals surface area (Å²) in [7, 11) is 0. The Labute approximate surface area is 45.4 Å². The van der Waals surface area contributed by atoms with Crippen molar-refractivity contribution in [1.82, 2.24) is 0 Å². The lowest BCUT2D eigenvalue weighted by Crippen LogP contribution is -1.86. The maximum Gasteiger partial charge on any atom is -0.00116 e. The van der Waals surface area contributed by atoms with Gasteiger partial charge in [0.25, 0.3) is 0 Å². The van der Waals surface area contributed by atoms with Crippen molar-refractivity contribution in [2.24, 2.45) is 0 Å². The molecular formula is C5H11S. The van der Waals surface area contributed by atoms with Crippen LogP contribution in [0, 0.1) is 6.92 Å². The van der Waals surface area contributed by atoms with Crippen LogP contribution in [0.5, 0.6) is 0 Å². The van der Waals surface area contributed by atoms with E-state index in [-0.39, 0.29) is 0 Å². The SMILES string of the molecule is [CH2]CCC(C)S. The minimum Gasteiger partial charge on any atom is -0.176 e.